The number of hydrogen-bond donors (Lipinski definition) is 1. The first kappa shape index (κ1) is 7.73. The molecule has 1 saturated carbocycles. The SMILES string of the molecule is Cc1nn(C2CC2)c2ncnc(N)c12. The van der Waals surface area contributed by atoms with E-state index >= 15 is 0 Å². The van der Waals surface area contributed by atoms with E-state index in [0.29, 0.717) is 11.9 Å². The molecule has 5 nitrogen and oxygen atoms in total. The fourth-order valence-corrected chi connectivity index (χ4v) is 1.74. The topological polar surface area (TPSA) is 69.6 Å². The van der Waals surface area contributed by atoms with Crippen molar-refractivity contribution in [2.75, 3.05) is 5.73 Å². The number of aryl methyl sites for hydroxylation is 1. The predicted molar refractivity (Wildman–Crippen MR) is 52.7 cm³/mol. The van der Waals surface area contributed by atoms with Crippen LogP contribution in [-0.4, -0.2) is 19.7 Å². The number of nitrogens with two attached hydrogens (primary N) is 1. The van der Waals surface area contributed by atoms with Crippen LogP contribution in [0.5, 0.6) is 0 Å². The molecule has 2 heterocycles. The highest BCUT2D eigenvalue weighted by Gasteiger charge is 2.27. The van der Waals surface area contributed by atoms with Crippen molar-refractivity contribution in [3.05, 3.63) is 12.0 Å². The Morgan fingerprint density at radius 3 is 2.93 bits per heavy atom. The summed E-state index contributed by atoms with van der Waals surface area (Å²) >= 11 is 0. The van der Waals surface area contributed by atoms with Crippen molar-refractivity contribution >= 4 is 16.9 Å². The largest absolute Gasteiger partial charge is 0.383 e. The van der Waals surface area contributed by atoms with Gasteiger partial charge in [-0.1, -0.05) is 0 Å². The van der Waals surface area contributed by atoms with E-state index < -0.39 is 0 Å². The molecule has 2 aromatic heterocycles. The molecule has 2 aromatic rings. The van der Waals surface area contributed by atoms with Gasteiger partial charge in [0.2, 0.25) is 0 Å². The van der Waals surface area contributed by atoms with Crippen molar-refractivity contribution in [3.8, 4) is 0 Å². The second-order valence-electron chi connectivity index (χ2n) is 3.72. The molecule has 1 aliphatic rings. The van der Waals surface area contributed by atoms with E-state index in [1.54, 1.807) is 0 Å². The highest BCUT2D eigenvalue weighted by molar-refractivity contribution is 5.87. The summed E-state index contributed by atoms with van der Waals surface area (Å²) in [5.74, 6) is 0.527. The Bertz CT molecular complexity index is 497. The summed E-state index contributed by atoms with van der Waals surface area (Å²) in [4.78, 5) is 8.21. The maximum Gasteiger partial charge on any atom is 0.163 e. The fourth-order valence-electron chi connectivity index (χ4n) is 1.74. The smallest absolute Gasteiger partial charge is 0.163 e. The summed E-state index contributed by atoms with van der Waals surface area (Å²) < 4.78 is 1.97. The third-order valence-electron chi connectivity index (χ3n) is 2.59. The number of nitrogen functional groups attached to an aromatic ring is 1. The van der Waals surface area contributed by atoms with E-state index in [1.807, 2.05) is 11.6 Å². The van der Waals surface area contributed by atoms with Crippen molar-refractivity contribution in [2.24, 2.45) is 0 Å². The molecule has 1 fully saturated rings. The van der Waals surface area contributed by atoms with Gasteiger partial charge in [0.05, 0.1) is 17.1 Å². The maximum absolute atomic E-state index is 5.79. The van der Waals surface area contributed by atoms with Gasteiger partial charge in [-0.2, -0.15) is 5.10 Å². The van der Waals surface area contributed by atoms with Crippen LogP contribution in [-0.2, 0) is 0 Å². The van der Waals surface area contributed by atoms with Crippen LogP contribution in [0.4, 0.5) is 5.82 Å². The van der Waals surface area contributed by atoms with Gasteiger partial charge in [-0.15, -0.1) is 0 Å². The number of aromatic nitrogens is 4. The monoisotopic (exact) mass is 189 g/mol. The molecule has 0 spiro atoms. The lowest BCUT2D eigenvalue weighted by Crippen LogP contribution is -1.98. The van der Waals surface area contributed by atoms with Gasteiger partial charge >= 0.3 is 0 Å². The van der Waals surface area contributed by atoms with Crippen molar-refractivity contribution in [2.45, 2.75) is 25.8 Å². The van der Waals surface area contributed by atoms with Crippen molar-refractivity contribution < 1.29 is 0 Å². The molecule has 1 aliphatic carbocycles. The Balaban J connectivity index is 2.37. The summed E-state index contributed by atoms with van der Waals surface area (Å²) in [6.07, 6.45) is 3.89. The lowest BCUT2D eigenvalue weighted by atomic mass is 10.3. The Kier molecular flexibility index (Phi) is 1.34. The highest BCUT2D eigenvalue weighted by atomic mass is 15.3. The van der Waals surface area contributed by atoms with Crippen LogP contribution in [0.15, 0.2) is 6.33 Å². The molecule has 2 N–H and O–H groups in total. The minimum atomic E-state index is 0.527. The number of hydrogen-bond acceptors (Lipinski definition) is 4. The third kappa shape index (κ3) is 0.921. The fraction of sp³-hybridized carbons (Fsp3) is 0.444. The Morgan fingerprint density at radius 2 is 2.21 bits per heavy atom. The highest BCUT2D eigenvalue weighted by Crippen LogP contribution is 2.37. The second-order valence-corrected chi connectivity index (χ2v) is 3.72. The van der Waals surface area contributed by atoms with Crippen LogP contribution < -0.4 is 5.73 Å². The summed E-state index contributed by atoms with van der Waals surface area (Å²) in [5, 5.41) is 5.35. The van der Waals surface area contributed by atoms with Crippen LogP contribution in [0.25, 0.3) is 11.0 Å². The molecule has 0 unspecified atom stereocenters. The van der Waals surface area contributed by atoms with Crippen molar-refractivity contribution in [1.82, 2.24) is 19.7 Å². The normalized spacial score (nSPS) is 16.4. The molecule has 0 aromatic carbocycles. The molecule has 0 radical (unpaired) electrons. The van der Waals surface area contributed by atoms with Gasteiger partial charge < -0.3 is 5.73 Å². The van der Waals surface area contributed by atoms with E-state index in [-0.39, 0.29) is 0 Å². The van der Waals surface area contributed by atoms with Gasteiger partial charge in [0.25, 0.3) is 0 Å². The molecule has 0 atom stereocenters. The molecular weight excluding hydrogens is 178 g/mol. The molecule has 0 bridgehead atoms. The van der Waals surface area contributed by atoms with Gasteiger partial charge in [-0.25, -0.2) is 14.6 Å². The average molecular weight is 189 g/mol. The van der Waals surface area contributed by atoms with E-state index in [4.69, 9.17) is 5.73 Å². The van der Waals surface area contributed by atoms with Gasteiger partial charge in [0.1, 0.15) is 12.1 Å². The summed E-state index contributed by atoms with van der Waals surface area (Å²) in [7, 11) is 0. The number of rotatable bonds is 1. The van der Waals surface area contributed by atoms with E-state index in [0.717, 1.165) is 16.7 Å². The summed E-state index contributed by atoms with van der Waals surface area (Å²) in [6.45, 7) is 1.95. The summed E-state index contributed by atoms with van der Waals surface area (Å²) in [5.41, 5.74) is 7.58. The quantitative estimate of drug-likeness (QED) is 0.728. The Hall–Kier alpha value is -1.65. The average Bonchev–Trinajstić information content (AvgIpc) is 2.93. The molecule has 3 rings (SSSR count). The molecule has 72 valence electrons. The molecule has 0 saturated heterocycles. The number of anilines is 1. The van der Waals surface area contributed by atoms with E-state index in [1.165, 1.54) is 19.2 Å². The first-order valence-electron chi connectivity index (χ1n) is 4.72. The lowest BCUT2D eigenvalue weighted by Gasteiger charge is -1.98. The number of nitrogens with zero attached hydrogens (tertiary/aromatic N) is 4. The van der Waals surface area contributed by atoms with Crippen LogP contribution >= 0.6 is 0 Å². The van der Waals surface area contributed by atoms with Crippen LogP contribution in [0.3, 0.4) is 0 Å². The third-order valence-corrected chi connectivity index (χ3v) is 2.59. The zero-order valence-corrected chi connectivity index (χ0v) is 7.94. The van der Waals surface area contributed by atoms with Crippen molar-refractivity contribution in [3.63, 3.8) is 0 Å². The zero-order valence-electron chi connectivity index (χ0n) is 7.94. The molecule has 5 heteroatoms. The van der Waals surface area contributed by atoms with Crippen LogP contribution in [0.1, 0.15) is 24.6 Å². The van der Waals surface area contributed by atoms with E-state index in [2.05, 4.69) is 15.1 Å². The predicted octanol–water partition coefficient (Wildman–Crippen LogP) is 1.05. The van der Waals surface area contributed by atoms with Crippen molar-refractivity contribution in [1.29, 1.82) is 0 Å². The number of fused-ring (bicyclic) bond motifs is 1. The van der Waals surface area contributed by atoms with Crippen LogP contribution in [0.2, 0.25) is 0 Å². The first-order chi connectivity index (χ1) is 6.77. The van der Waals surface area contributed by atoms with Crippen LogP contribution in [0, 0.1) is 6.92 Å². The maximum atomic E-state index is 5.79. The first-order valence-corrected chi connectivity index (χ1v) is 4.72. The second kappa shape index (κ2) is 2.43. The minimum Gasteiger partial charge on any atom is -0.383 e. The minimum absolute atomic E-state index is 0.527. The zero-order chi connectivity index (χ0) is 9.71. The molecular formula is C9H11N5. The Morgan fingerprint density at radius 1 is 1.43 bits per heavy atom. The van der Waals surface area contributed by atoms with Gasteiger partial charge in [0, 0.05) is 0 Å². The Labute approximate surface area is 81.0 Å². The summed E-state index contributed by atoms with van der Waals surface area (Å²) in [6, 6.07) is 0.528. The lowest BCUT2D eigenvalue weighted by molar-refractivity contribution is 0.651. The van der Waals surface area contributed by atoms with Gasteiger partial charge in [-0.3, -0.25) is 0 Å². The van der Waals surface area contributed by atoms with E-state index in [9.17, 15) is 0 Å². The molecule has 0 aliphatic heterocycles. The molecule has 14 heavy (non-hydrogen) atoms. The van der Waals surface area contributed by atoms with Gasteiger partial charge in [0.15, 0.2) is 5.65 Å². The standard InChI is InChI=1S/C9H11N5/c1-5-7-8(10)11-4-12-9(7)14(13-5)6-2-3-6/h4,6H,2-3H2,1H3,(H2,10,11,12). The van der Waals surface area contributed by atoms with Gasteiger partial charge in [-0.05, 0) is 19.8 Å². The molecule has 0 amide bonds.